The average molecular weight is 263 g/mol. The van der Waals surface area contributed by atoms with Crippen LogP contribution in [-0.2, 0) is 6.54 Å². The summed E-state index contributed by atoms with van der Waals surface area (Å²) < 4.78 is 5.42. The summed E-state index contributed by atoms with van der Waals surface area (Å²) in [7, 11) is 3.90. The van der Waals surface area contributed by atoms with Gasteiger partial charge in [-0.05, 0) is 39.1 Å². The van der Waals surface area contributed by atoms with Crippen molar-refractivity contribution >= 4 is 5.69 Å². The first-order valence-electron chi connectivity index (χ1n) is 6.78. The van der Waals surface area contributed by atoms with E-state index >= 15 is 0 Å². The first-order chi connectivity index (χ1) is 8.92. The first kappa shape index (κ1) is 14.2. The zero-order chi connectivity index (χ0) is 14.0. The molecule has 0 radical (unpaired) electrons. The molecule has 0 spiro atoms. The van der Waals surface area contributed by atoms with Gasteiger partial charge in [-0.1, -0.05) is 0 Å². The van der Waals surface area contributed by atoms with Crippen LogP contribution in [0.2, 0.25) is 0 Å². The number of ether oxygens (including phenoxy) is 1. The van der Waals surface area contributed by atoms with Crippen LogP contribution >= 0.6 is 0 Å². The summed E-state index contributed by atoms with van der Waals surface area (Å²) in [6.45, 7) is 8.70. The van der Waals surface area contributed by atoms with E-state index in [1.807, 2.05) is 18.2 Å². The molecule has 2 rings (SSSR count). The minimum atomic E-state index is 0.214. The normalized spacial score (nSPS) is 20.4. The Morgan fingerprint density at radius 3 is 2.68 bits per heavy atom. The van der Waals surface area contributed by atoms with E-state index in [-0.39, 0.29) is 5.54 Å². The van der Waals surface area contributed by atoms with E-state index in [2.05, 4.69) is 30.7 Å². The molecule has 1 aromatic rings. The van der Waals surface area contributed by atoms with Gasteiger partial charge >= 0.3 is 0 Å². The summed E-state index contributed by atoms with van der Waals surface area (Å²) in [4.78, 5) is 4.89. The fourth-order valence-corrected chi connectivity index (χ4v) is 2.64. The highest BCUT2D eigenvalue weighted by Gasteiger charge is 2.31. The number of anilines is 1. The maximum absolute atomic E-state index is 5.88. The molecule has 19 heavy (non-hydrogen) atoms. The highest BCUT2D eigenvalue weighted by Crippen LogP contribution is 2.25. The van der Waals surface area contributed by atoms with Crippen molar-refractivity contribution in [1.82, 2.24) is 9.80 Å². The van der Waals surface area contributed by atoms with Crippen LogP contribution < -0.4 is 10.5 Å². The number of nitrogens with two attached hydrogens (primary N) is 1. The third-order valence-corrected chi connectivity index (χ3v) is 4.09. The minimum absolute atomic E-state index is 0.214. The summed E-state index contributed by atoms with van der Waals surface area (Å²) in [5.41, 5.74) is 8.06. The highest BCUT2D eigenvalue weighted by molar-refractivity contribution is 5.47. The van der Waals surface area contributed by atoms with Gasteiger partial charge in [0.05, 0.1) is 7.11 Å². The molecule has 1 aromatic carbocycles. The Balaban J connectivity index is 2.11. The Morgan fingerprint density at radius 1 is 1.32 bits per heavy atom. The van der Waals surface area contributed by atoms with Gasteiger partial charge in [0.15, 0.2) is 0 Å². The van der Waals surface area contributed by atoms with Crippen LogP contribution in [0.15, 0.2) is 18.2 Å². The van der Waals surface area contributed by atoms with Gasteiger partial charge in [-0.3, -0.25) is 9.80 Å². The van der Waals surface area contributed by atoms with Crippen molar-refractivity contribution in [2.75, 3.05) is 39.5 Å². The van der Waals surface area contributed by atoms with Gasteiger partial charge in [0.2, 0.25) is 0 Å². The Morgan fingerprint density at radius 2 is 2.05 bits per heavy atom. The molecular weight excluding hydrogens is 238 g/mol. The van der Waals surface area contributed by atoms with Gasteiger partial charge in [-0.25, -0.2) is 0 Å². The molecule has 1 aliphatic rings. The second kappa shape index (κ2) is 5.39. The van der Waals surface area contributed by atoms with Crippen molar-refractivity contribution in [3.8, 4) is 5.75 Å². The van der Waals surface area contributed by atoms with Gasteiger partial charge in [0.1, 0.15) is 5.75 Å². The molecule has 0 aromatic heterocycles. The highest BCUT2D eigenvalue weighted by atomic mass is 16.5. The molecule has 4 heteroatoms. The molecule has 0 aliphatic carbocycles. The summed E-state index contributed by atoms with van der Waals surface area (Å²) >= 11 is 0. The summed E-state index contributed by atoms with van der Waals surface area (Å²) in [6.07, 6.45) is 0. The number of likely N-dealkylation sites (N-methyl/N-ethyl adjacent to an activating group) is 1. The summed E-state index contributed by atoms with van der Waals surface area (Å²) in [5.74, 6) is 0.922. The molecule has 0 bridgehead atoms. The lowest BCUT2D eigenvalue weighted by atomic mass is 9.99. The molecule has 1 aliphatic heterocycles. The van der Waals surface area contributed by atoms with Crippen molar-refractivity contribution in [2.45, 2.75) is 25.9 Å². The van der Waals surface area contributed by atoms with Crippen LogP contribution in [-0.4, -0.2) is 49.1 Å². The summed E-state index contributed by atoms with van der Waals surface area (Å²) in [6, 6.07) is 5.85. The molecule has 0 saturated carbocycles. The molecular formula is C15H25N3O. The monoisotopic (exact) mass is 263 g/mol. The van der Waals surface area contributed by atoms with Gasteiger partial charge in [0.25, 0.3) is 0 Å². The van der Waals surface area contributed by atoms with Gasteiger partial charge in [-0.2, -0.15) is 0 Å². The second-order valence-corrected chi connectivity index (χ2v) is 6.02. The van der Waals surface area contributed by atoms with Crippen LogP contribution in [0, 0.1) is 0 Å². The van der Waals surface area contributed by atoms with E-state index in [1.165, 1.54) is 5.56 Å². The Kier molecular flexibility index (Phi) is 4.02. The fraction of sp³-hybridized carbons (Fsp3) is 0.600. The van der Waals surface area contributed by atoms with Crippen molar-refractivity contribution in [2.24, 2.45) is 0 Å². The van der Waals surface area contributed by atoms with Crippen LogP contribution in [0.5, 0.6) is 5.75 Å². The van der Waals surface area contributed by atoms with E-state index in [1.54, 1.807) is 7.11 Å². The number of benzene rings is 1. The zero-order valence-electron chi connectivity index (χ0n) is 12.4. The first-order valence-corrected chi connectivity index (χ1v) is 6.78. The number of piperazine rings is 1. The molecule has 1 saturated heterocycles. The molecule has 0 amide bonds. The van der Waals surface area contributed by atoms with E-state index in [9.17, 15) is 0 Å². The molecule has 0 unspecified atom stereocenters. The standard InChI is InChI=1S/C15H25N3O/c1-15(2)11-18(8-7-17(15)3)10-12-9-13(16)5-6-14(12)19-4/h5-6,9H,7-8,10-11,16H2,1-4H3. The maximum Gasteiger partial charge on any atom is 0.123 e. The topological polar surface area (TPSA) is 41.7 Å². The lowest BCUT2D eigenvalue weighted by molar-refractivity contribution is 0.0357. The van der Waals surface area contributed by atoms with E-state index in [0.29, 0.717) is 0 Å². The van der Waals surface area contributed by atoms with Gasteiger partial charge in [0, 0.05) is 43.0 Å². The largest absolute Gasteiger partial charge is 0.496 e. The third-order valence-electron chi connectivity index (χ3n) is 4.09. The Bertz CT molecular complexity index is 445. The number of nitrogen functional groups attached to an aromatic ring is 1. The molecule has 0 atom stereocenters. The lowest BCUT2D eigenvalue weighted by Crippen LogP contribution is -2.57. The minimum Gasteiger partial charge on any atom is -0.496 e. The third kappa shape index (κ3) is 3.19. The number of hydrogen-bond acceptors (Lipinski definition) is 4. The van der Waals surface area contributed by atoms with Crippen LogP contribution in [0.3, 0.4) is 0 Å². The van der Waals surface area contributed by atoms with Crippen molar-refractivity contribution in [1.29, 1.82) is 0 Å². The molecule has 4 nitrogen and oxygen atoms in total. The zero-order valence-corrected chi connectivity index (χ0v) is 12.4. The number of rotatable bonds is 3. The number of hydrogen-bond donors (Lipinski definition) is 1. The van der Waals surface area contributed by atoms with Crippen molar-refractivity contribution < 1.29 is 4.74 Å². The maximum atomic E-state index is 5.88. The van der Waals surface area contributed by atoms with E-state index in [4.69, 9.17) is 10.5 Å². The molecule has 106 valence electrons. The second-order valence-electron chi connectivity index (χ2n) is 6.02. The molecule has 1 heterocycles. The average Bonchev–Trinajstić information content (AvgIpc) is 2.34. The van der Waals surface area contributed by atoms with Gasteiger partial charge < -0.3 is 10.5 Å². The predicted octanol–water partition coefficient (Wildman–Crippen LogP) is 1.80. The smallest absolute Gasteiger partial charge is 0.123 e. The molecule has 1 fully saturated rings. The van der Waals surface area contributed by atoms with E-state index in [0.717, 1.165) is 37.6 Å². The number of nitrogens with zero attached hydrogens (tertiary/aromatic N) is 2. The van der Waals surface area contributed by atoms with Crippen molar-refractivity contribution in [3.63, 3.8) is 0 Å². The van der Waals surface area contributed by atoms with E-state index < -0.39 is 0 Å². The SMILES string of the molecule is COc1ccc(N)cc1CN1CCN(C)C(C)(C)C1. The number of methoxy groups -OCH3 is 1. The summed E-state index contributed by atoms with van der Waals surface area (Å²) in [5, 5.41) is 0. The lowest BCUT2D eigenvalue weighted by Gasteiger charge is -2.45. The van der Waals surface area contributed by atoms with Gasteiger partial charge in [-0.15, -0.1) is 0 Å². The Labute approximate surface area is 116 Å². The van der Waals surface area contributed by atoms with Crippen LogP contribution in [0.25, 0.3) is 0 Å². The predicted molar refractivity (Wildman–Crippen MR) is 79.4 cm³/mol. The van der Waals surface area contributed by atoms with Crippen LogP contribution in [0.1, 0.15) is 19.4 Å². The van der Waals surface area contributed by atoms with Crippen molar-refractivity contribution in [3.05, 3.63) is 23.8 Å². The molecule has 2 N–H and O–H groups in total. The fourth-order valence-electron chi connectivity index (χ4n) is 2.64. The quantitative estimate of drug-likeness (QED) is 0.844. The Hall–Kier alpha value is -1.26. The van der Waals surface area contributed by atoms with Crippen LogP contribution in [0.4, 0.5) is 5.69 Å².